The highest BCUT2D eigenvalue weighted by Gasteiger charge is 2.11. The highest BCUT2D eigenvalue weighted by atomic mass is 15.1. The van der Waals surface area contributed by atoms with Gasteiger partial charge in [0.1, 0.15) is 0 Å². The number of aromatic nitrogens is 2. The standard InChI is InChI=1S/C17H16N2/c1-14-8-6-7-11-16(14)17-18(2)12-13-19(17)15-9-4-3-5-10-15/h3-12H,1-2H3. The SMILES string of the molecule is Cc1ccccc1-c1n(C)c[c-][n+]1-c1ccccc1. The maximum absolute atomic E-state index is 3.30. The second-order valence-electron chi connectivity index (χ2n) is 4.68. The van der Waals surface area contributed by atoms with Crippen LogP contribution in [0.15, 0.2) is 60.8 Å². The minimum Gasteiger partial charge on any atom is -0.356 e. The number of aryl methyl sites for hydroxylation is 2. The first-order valence-electron chi connectivity index (χ1n) is 6.38. The highest BCUT2D eigenvalue weighted by Crippen LogP contribution is 2.20. The molecule has 0 aliphatic carbocycles. The van der Waals surface area contributed by atoms with Gasteiger partial charge in [-0.1, -0.05) is 54.6 Å². The van der Waals surface area contributed by atoms with Gasteiger partial charge in [0.15, 0.2) is 5.82 Å². The molecule has 2 aromatic carbocycles. The Hall–Kier alpha value is -2.35. The largest absolute Gasteiger partial charge is 0.356 e. The molecule has 0 aliphatic heterocycles. The fraction of sp³-hybridized carbons (Fsp3) is 0.118. The maximum atomic E-state index is 3.30. The van der Waals surface area contributed by atoms with Gasteiger partial charge in [-0.3, -0.25) is 4.57 Å². The maximum Gasteiger partial charge on any atom is 0.185 e. The van der Waals surface area contributed by atoms with Crippen molar-refractivity contribution in [1.82, 2.24) is 4.57 Å². The average Bonchev–Trinajstić information content (AvgIpc) is 2.82. The molecule has 3 rings (SSSR count). The van der Waals surface area contributed by atoms with E-state index < -0.39 is 0 Å². The Balaban J connectivity index is 2.23. The van der Waals surface area contributed by atoms with E-state index in [-0.39, 0.29) is 0 Å². The fourth-order valence-electron chi connectivity index (χ4n) is 2.33. The third-order valence-corrected chi connectivity index (χ3v) is 3.33. The molecule has 0 saturated heterocycles. The van der Waals surface area contributed by atoms with E-state index in [1.807, 2.05) is 24.4 Å². The Labute approximate surface area is 113 Å². The summed E-state index contributed by atoms with van der Waals surface area (Å²) in [5.41, 5.74) is 3.62. The van der Waals surface area contributed by atoms with Crippen LogP contribution in [0.1, 0.15) is 5.56 Å². The monoisotopic (exact) mass is 248 g/mol. The zero-order valence-electron chi connectivity index (χ0n) is 11.2. The number of benzene rings is 2. The van der Waals surface area contributed by atoms with Gasteiger partial charge in [0.2, 0.25) is 0 Å². The molecule has 2 heteroatoms. The van der Waals surface area contributed by atoms with Crippen LogP contribution in [0.2, 0.25) is 0 Å². The van der Waals surface area contributed by atoms with Crippen molar-refractivity contribution in [2.45, 2.75) is 6.92 Å². The van der Waals surface area contributed by atoms with Crippen LogP contribution < -0.4 is 4.57 Å². The van der Waals surface area contributed by atoms with Gasteiger partial charge in [0, 0.05) is 11.3 Å². The van der Waals surface area contributed by atoms with Gasteiger partial charge >= 0.3 is 0 Å². The van der Waals surface area contributed by atoms with E-state index in [9.17, 15) is 0 Å². The summed E-state index contributed by atoms with van der Waals surface area (Å²) in [6.07, 6.45) is 5.26. The third kappa shape index (κ3) is 2.06. The molecule has 0 unspecified atom stereocenters. The summed E-state index contributed by atoms with van der Waals surface area (Å²) >= 11 is 0. The summed E-state index contributed by atoms with van der Waals surface area (Å²) < 4.78 is 4.21. The van der Waals surface area contributed by atoms with Crippen molar-refractivity contribution in [1.29, 1.82) is 0 Å². The van der Waals surface area contributed by atoms with E-state index in [1.165, 1.54) is 11.1 Å². The van der Waals surface area contributed by atoms with Crippen LogP contribution >= 0.6 is 0 Å². The Kier molecular flexibility index (Phi) is 2.92. The molecule has 0 atom stereocenters. The summed E-state index contributed by atoms with van der Waals surface area (Å²) in [6, 6.07) is 18.7. The molecule has 0 saturated carbocycles. The summed E-state index contributed by atoms with van der Waals surface area (Å²) in [6.45, 7) is 2.14. The van der Waals surface area contributed by atoms with Crippen LogP contribution in [0.5, 0.6) is 0 Å². The smallest absolute Gasteiger partial charge is 0.185 e. The van der Waals surface area contributed by atoms with Crippen LogP contribution in [0.4, 0.5) is 0 Å². The second-order valence-corrected chi connectivity index (χ2v) is 4.68. The highest BCUT2D eigenvalue weighted by molar-refractivity contribution is 5.58. The van der Waals surface area contributed by atoms with Crippen molar-refractivity contribution in [3.05, 3.63) is 72.6 Å². The Morgan fingerprint density at radius 2 is 1.63 bits per heavy atom. The zero-order valence-corrected chi connectivity index (χ0v) is 11.2. The van der Waals surface area contributed by atoms with Crippen LogP contribution in [0.25, 0.3) is 17.1 Å². The first kappa shape index (κ1) is 11.7. The Bertz CT molecular complexity index is 696. The van der Waals surface area contributed by atoms with Gasteiger partial charge in [0.05, 0.1) is 19.4 Å². The van der Waals surface area contributed by atoms with Gasteiger partial charge < -0.3 is 4.57 Å². The Morgan fingerprint density at radius 3 is 2.37 bits per heavy atom. The molecule has 1 aromatic heterocycles. The number of para-hydroxylation sites is 1. The second kappa shape index (κ2) is 4.73. The van der Waals surface area contributed by atoms with Crippen molar-refractivity contribution in [2.75, 3.05) is 0 Å². The van der Waals surface area contributed by atoms with Gasteiger partial charge in [-0.05, 0) is 12.5 Å². The number of hydrogen-bond acceptors (Lipinski definition) is 0. The lowest BCUT2D eigenvalue weighted by molar-refractivity contribution is -0.587. The molecular formula is C17H16N2. The molecule has 3 aromatic rings. The molecule has 0 amide bonds. The van der Waals surface area contributed by atoms with E-state index >= 15 is 0 Å². The van der Waals surface area contributed by atoms with Crippen molar-refractivity contribution >= 4 is 0 Å². The van der Waals surface area contributed by atoms with E-state index in [0.717, 1.165) is 11.5 Å². The molecule has 2 nitrogen and oxygen atoms in total. The molecule has 1 heterocycles. The van der Waals surface area contributed by atoms with Gasteiger partial charge in [-0.2, -0.15) is 0 Å². The average molecular weight is 248 g/mol. The van der Waals surface area contributed by atoms with Crippen LogP contribution in [0, 0.1) is 13.1 Å². The molecule has 0 fully saturated rings. The molecule has 0 radical (unpaired) electrons. The van der Waals surface area contributed by atoms with Gasteiger partial charge in [0.25, 0.3) is 0 Å². The lowest BCUT2D eigenvalue weighted by atomic mass is 10.1. The minimum absolute atomic E-state index is 1.13. The molecule has 19 heavy (non-hydrogen) atoms. The van der Waals surface area contributed by atoms with Crippen LogP contribution in [-0.2, 0) is 7.05 Å². The van der Waals surface area contributed by atoms with Gasteiger partial charge in [-0.25, -0.2) is 0 Å². The Morgan fingerprint density at radius 1 is 0.947 bits per heavy atom. The predicted octanol–water partition coefficient (Wildman–Crippen LogP) is 3.08. The van der Waals surface area contributed by atoms with Crippen LogP contribution in [0.3, 0.4) is 0 Å². The molecule has 94 valence electrons. The van der Waals surface area contributed by atoms with Crippen molar-refractivity contribution < 1.29 is 4.57 Å². The first-order chi connectivity index (χ1) is 9.27. The number of nitrogens with zero attached hydrogens (tertiary/aromatic N) is 2. The minimum atomic E-state index is 1.13. The molecule has 0 bridgehead atoms. The lowest BCUT2D eigenvalue weighted by Gasteiger charge is -2.13. The first-order valence-corrected chi connectivity index (χ1v) is 6.38. The lowest BCUT2D eigenvalue weighted by Crippen LogP contribution is -2.32. The van der Waals surface area contributed by atoms with Crippen molar-refractivity contribution in [3.8, 4) is 17.1 Å². The summed E-state index contributed by atoms with van der Waals surface area (Å²) in [5, 5.41) is 0. The molecule has 0 N–H and O–H groups in total. The quantitative estimate of drug-likeness (QED) is 0.487. The van der Waals surface area contributed by atoms with Crippen molar-refractivity contribution in [2.24, 2.45) is 7.05 Å². The molecule has 0 spiro atoms. The van der Waals surface area contributed by atoms with E-state index in [0.29, 0.717) is 0 Å². The van der Waals surface area contributed by atoms with Gasteiger partial charge in [-0.15, -0.1) is 0 Å². The third-order valence-electron chi connectivity index (χ3n) is 3.33. The number of rotatable bonds is 2. The molecular weight excluding hydrogens is 232 g/mol. The van der Waals surface area contributed by atoms with E-state index in [1.54, 1.807) is 0 Å². The topological polar surface area (TPSA) is 8.81 Å². The zero-order chi connectivity index (χ0) is 13.2. The van der Waals surface area contributed by atoms with E-state index in [2.05, 4.69) is 65.7 Å². The fourth-order valence-corrected chi connectivity index (χ4v) is 2.33. The number of hydrogen-bond donors (Lipinski definition) is 0. The van der Waals surface area contributed by atoms with Crippen LogP contribution in [-0.4, -0.2) is 4.57 Å². The summed E-state index contributed by atoms with van der Waals surface area (Å²) in [7, 11) is 2.05. The normalized spacial score (nSPS) is 10.6. The van der Waals surface area contributed by atoms with Crippen molar-refractivity contribution in [3.63, 3.8) is 0 Å². The summed E-state index contributed by atoms with van der Waals surface area (Å²) in [4.78, 5) is 0. The molecule has 0 aliphatic rings. The predicted molar refractivity (Wildman–Crippen MR) is 76.0 cm³/mol. The number of imidazole rings is 1. The summed E-state index contributed by atoms with van der Waals surface area (Å²) in [5.74, 6) is 1.14. The van der Waals surface area contributed by atoms with E-state index in [4.69, 9.17) is 0 Å².